The van der Waals surface area contributed by atoms with Crippen molar-refractivity contribution in [2.45, 2.75) is 4.90 Å². The van der Waals surface area contributed by atoms with Gasteiger partial charge in [0.25, 0.3) is 0 Å². The quantitative estimate of drug-likeness (QED) is 0.817. The summed E-state index contributed by atoms with van der Waals surface area (Å²) >= 11 is 0. The van der Waals surface area contributed by atoms with E-state index in [1.807, 2.05) is 0 Å². The monoisotopic (exact) mass is 285 g/mol. The number of aliphatic carboxylic acids is 1. The zero-order valence-electron chi connectivity index (χ0n) is 10.8. The van der Waals surface area contributed by atoms with Crippen LogP contribution in [0.3, 0.4) is 0 Å². The average molecular weight is 285 g/mol. The minimum atomic E-state index is -3.57. The van der Waals surface area contributed by atoms with Crippen molar-refractivity contribution in [2.75, 3.05) is 21.2 Å². The van der Waals surface area contributed by atoms with Gasteiger partial charge in [-0.1, -0.05) is 0 Å². The largest absolute Gasteiger partial charge is 0.496 e. The van der Waals surface area contributed by atoms with Crippen LogP contribution >= 0.6 is 0 Å². The van der Waals surface area contributed by atoms with E-state index in [2.05, 4.69) is 0 Å². The third kappa shape index (κ3) is 3.55. The number of carbonyl (C=O) groups is 1. The van der Waals surface area contributed by atoms with E-state index in [1.165, 1.54) is 45.5 Å². The number of hydrogen-bond donors (Lipinski definition) is 1. The van der Waals surface area contributed by atoms with E-state index in [0.717, 1.165) is 10.4 Å². The van der Waals surface area contributed by atoms with Crippen LogP contribution in [0.1, 0.15) is 5.56 Å². The molecule has 104 valence electrons. The summed E-state index contributed by atoms with van der Waals surface area (Å²) < 4.78 is 30.1. The van der Waals surface area contributed by atoms with Gasteiger partial charge < -0.3 is 9.84 Å². The highest BCUT2D eigenvalue weighted by atomic mass is 32.2. The molecule has 1 rings (SSSR count). The van der Waals surface area contributed by atoms with Crippen molar-refractivity contribution < 1.29 is 23.1 Å². The molecule has 1 aromatic carbocycles. The van der Waals surface area contributed by atoms with Gasteiger partial charge in [0, 0.05) is 25.7 Å². The predicted octanol–water partition coefficient (Wildman–Crippen LogP) is 1.04. The van der Waals surface area contributed by atoms with Gasteiger partial charge >= 0.3 is 5.97 Å². The van der Waals surface area contributed by atoms with E-state index in [9.17, 15) is 13.2 Å². The Hall–Kier alpha value is -1.86. The fourth-order valence-corrected chi connectivity index (χ4v) is 2.31. The highest BCUT2D eigenvalue weighted by molar-refractivity contribution is 7.89. The van der Waals surface area contributed by atoms with Gasteiger partial charge in [-0.05, 0) is 24.3 Å². The normalized spacial score (nSPS) is 12.0. The number of carboxylic acids is 1. The Bertz CT molecular complexity index is 605. The maximum Gasteiger partial charge on any atom is 0.328 e. The van der Waals surface area contributed by atoms with Gasteiger partial charge in [-0.15, -0.1) is 0 Å². The highest BCUT2D eigenvalue weighted by Gasteiger charge is 2.18. The van der Waals surface area contributed by atoms with Crippen molar-refractivity contribution in [1.82, 2.24) is 4.31 Å². The van der Waals surface area contributed by atoms with Crippen molar-refractivity contribution in [3.63, 3.8) is 0 Å². The minimum absolute atomic E-state index is 0.0725. The summed E-state index contributed by atoms with van der Waals surface area (Å²) in [7, 11) is 0.704. The molecule has 0 amide bonds. The number of sulfonamides is 1. The van der Waals surface area contributed by atoms with Crippen LogP contribution in [0.25, 0.3) is 6.08 Å². The molecule has 0 aliphatic carbocycles. The minimum Gasteiger partial charge on any atom is -0.496 e. The molecule has 7 heteroatoms. The Morgan fingerprint density at radius 3 is 2.47 bits per heavy atom. The average Bonchev–Trinajstić information content (AvgIpc) is 2.35. The molecule has 0 unspecified atom stereocenters. The zero-order valence-corrected chi connectivity index (χ0v) is 11.6. The molecule has 0 atom stereocenters. The molecule has 0 saturated carbocycles. The Balaban J connectivity index is 3.34. The maximum absolute atomic E-state index is 12.0. The summed E-state index contributed by atoms with van der Waals surface area (Å²) in [4.78, 5) is 10.6. The second kappa shape index (κ2) is 5.85. The number of nitrogens with zero attached hydrogens (tertiary/aromatic N) is 1. The fraction of sp³-hybridized carbons (Fsp3) is 0.250. The molecule has 6 nitrogen and oxygen atoms in total. The Kier molecular flexibility index (Phi) is 4.68. The van der Waals surface area contributed by atoms with Crippen molar-refractivity contribution in [1.29, 1.82) is 0 Å². The van der Waals surface area contributed by atoms with Gasteiger partial charge in [-0.2, -0.15) is 0 Å². The second-order valence-corrected chi connectivity index (χ2v) is 6.01. The lowest BCUT2D eigenvalue weighted by Crippen LogP contribution is -2.22. The van der Waals surface area contributed by atoms with E-state index in [1.54, 1.807) is 0 Å². The summed E-state index contributed by atoms with van der Waals surface area (Å²) in [5.74, 6) is -0.724. The molecule has 0 aliphatic heterocycles. The van der Waals surface area contributed by atoms with Crippen molar-refractivity contribution in [3.8, 4) is 5.75 Å². The number of methoxy groups -OCH3 is 1. The predicted molar refractivity (Wildman–Crippen MR) is 70.5 cm³/mol. The number of hydrogen-bond acceptors (Lipinski definition) is 4. The van der Waals surface area contributed by atoms with Crippen LogP contribution < -0.4 is 4.74 Å². The summed E-state index contributed by atoms with van der Waals surface area (Å²) in [5, 5.41) is 8.60. The van der Waals surface area contributed by atoms with E-state index < -0.39 is 16.0 Å². The molecular formula is C12H15NO5S. The van der Waals surface area contributed by atoms with Crippen LogP contribution in [0.5, 0.6) is 5.75 Å². The topological polar surface area (TPSA) is 83.9 Å². The zero-order chi connectivity index (χ0) is 14.6. The Labute approximate surface area is 112 Å². The second-order valence-electron chi connectivity index (χ2n) is 3.86. The third-order valence-electron chi connectivity index (χ3n) is 2.39. The molecule has 0 fully saturated rings. The van der Waals surface area contributed by atoms with Crippen LogP contribution in [0.4, 0.5) is 0 Å². The molecule has 0 aliphatic rings. The van der Waals surface area contributed by atoms with Gasteiger partial charge in [0.1, 0.15) is 5.75 Å². The van der Waals surface area contributed by atoms with E-state index in [4.69, 9.17) is 9.84 Å². The number of benzene rings is 1. The van der Waals surface area contributed by atoms with Crippen molar-refractivity contribution in [2.24, 2.45) is 0 Å². The first kappa shape index (κ1) is 15.2. The lowest BCUT2D eigenvalue weighted by Gasteiger charge is -2.13. The summed E-state index contributed by atoms with van der Waals surface area (Å²) in [6.07, 6.45) is 2.21. The van der Waals surface area contributed by atoms with Crippen molar-refractivity contribution >= 4 is 22.1 Å². The molecule has 0 spiro atoms. The van der Waals surface area contributed by atoms with Crippen LogP contribution in [0, 0.1) is 0 Å². The van der Waals surface area contributed by atoms with Gasteiger partial charge in [-0.25, -0.2) is 17.5 Å². The fourth-order valence-electron chi connectivity index (χ4n) is 1.38. The molecule has 0 saturated heterocycles. The number of carboxylic acid groups (broad SMARTS) is 1. The van der Waals surface area contributed by atoms with Gasteiger partial charge in [-0.3, -0.25) is 0 Å². The summed E-state index contributed by atoms with van der Waals surface area (Å²) in [5.41, 5.74) is 0.382. The first-order chi connectivity index (χ1) is 8.78. The standard InChI is InChI=1S/C12H15NO5S/c1-13(2)19(16,17)10-5-6-11(18-3)9(8-10)4-7-12(14)15/h4-8H,1-3H3,(H,14,15). The van der Waals surface area contributed by atoms with Crippen LogP contribution in [0.15, 0.2) is 29.2 Å². The van der Waals surface area contributed by atoms with Crippen LogP contribution in [-0.4, -0.2) is 45.0 Å². The van der Waals surface area contributed by atoms with Crippen LogP contribution in [-0.2, 0) is 14.8 Å². The molecule has 0 heterocycles. The van der Waals surface area contributed by atoms with Gasteiger partial charge in [0.15, 0.2) is 0 Å². The lowest BCUT2D eigenvalue weighted by atomic mass is 10.2. The molecule has 1 N–H and O–H groups in total. The third-order valence-corrected chi connectivity index (χ3v) is 4.20. The van der Waals surface area contributed by atoms with E-state index in [0.29, 0.717) is 11.3 Å². The smallest absolute Gasteiger partial charge is 0.328 e. The Morgan fingerprint density at radius 2 is 2.00 bits per heavy atom. The van der Waals surface area contributed by atoms with Gasteiger partial charge in [0.05, 0.1) is 12.0 Å². The molecule has 19 heavy (non-hydrogen) atoms. The highest BCUT2D eigenvalue weighted by Crippen LogP contribution is 2.24. The first-order valence-electron chi connectivity index (χ1n) is 5.30. The van der Waals surface area contributed by atoms with Gasteiger partial charge in [0.2, 0.25) is 10.0 Å². The Morgan fingerprint density at radius 1 is 1.37 bits per heavy atom. The lowest BCUT2D eigenvalue weighted by molar-refractivity contribution is -0.131. The molecule has 1 aromatic rings. The summed E-state index contributed by atoms with van der Waals surface area (Å²) in [6, 6.07) is 4.26. The van der Waals surface area contributed by atoms with E-state index >= 15 is 0 Å². The molecular weight excluding hydrogens is 270 g/mol. The molecule has 0 bridgehead atoms. The number of rotatable bonds is 5. The van der Waals surface area contributed by atoms with Crippen molar-refractivity contribution in [3.05, 3.63) is 29.8 Å². The van der Waals surface area contributed by atoms with E-state index in [-0.39, 0.29) is 4.90 Å². The molecule has 0 aromatic heterocycles. The summed E-state index contributed by atoms with van der Waals surface area (Å²) in [6.45, 7) is 0. The SMILES string of the molecule is COc1ccc(S(=O)(=O)N(C)C)cc1C=CC(=O)O. The van der Waals surface area contributed by atoms with Crippen LogP contribution in [0.2, 0.25) is 0 Å². The number of ether oxygens (including phenoxy) is 1. The maximum atomic E-state index is 12.0. The first-order valence-corrected chi connectivity index (χ1v) is 6.74. The molecule has 0 radical (unpaired) electrons.